The molecular weight excluding hydrogens is 227 g/mol. The molecule has 0 spiro atoms. The van der Waals surface area contributed by atoms with Crippen LogP contribution in [0.15, 0.2) is 42.5 Å². The van der Waals surface area contributed by atoms with E-state index in [-0.39, 0.29) is 5.82 Å². The third kappa shape index (κ3) is 2.80. The summed E-state index contributed by atoms with van der Waals surface area (Å²) < 4.78 is 12.8. The topological polar surface area (TPSA) is 29.3 Å². The monoisotopic (exact) mass is 244 g/mol. The van der Waals surface area contributed by atoms with Gasteiger partial charge in [0, 0.05) is 14.1 Å². The van der Waals surface area contributed by atoms with Gasteiger partial charge in [0.15, 0.2) is 0 Å². The van der Waals surface area contributed by atoms with Gasteiger partial charge in [-0.1, -0.05) is 18.2 Å². The third-order valence-corrected chi connectivity index (χ3v) is 2.90. The lowest BCUT2D eigenvalue weighted by Crippen LogP contribution is -2.11. The van der Waals surface area contributed by atoms with Crippen molar-refractivity contribution >= 4 is 11.4 Å². The number of rotatable bonds is 3. The van der Waals surface area contributed by atoms with Crippen LogP contribution in [0.25, 0.3) is 0 Å². The number of anilines is 2. The van der Waals surface area contributed by atoms with Crippen LogP contribution in [0.2, 0.25) is 0 Å². The maximum Gasteiger partial charge on any atom is 0.123 e. The number of hydrogen-bond acceptors (Lipinski definition) is 2. The predicted molar refractivity (Wildman–Crippen MR) is 74.4 cm³/mol. The Morgan fingerprint density at radius 2 is 1.61 bits per heavy atom. The molecule has 2 N–H and O–H groups in total. The van der Waals surface area contributed by atoms with E-state index in [1.54, 1.807) is 12.1 Å². The molecule has 2 aromatic carbocycles. The second-order valence-electron chi connectivity index (χ2n) is 4.59. The van der Waals surface area contributed by atoms with E-state index in [9.17, 15) is 4.39 Å². The molecule has 0 radical (unpaired) electrons. The van der Waals surface area contributed by atoms with Crippen molar-refractivity contribution in [3.63, 3.8) is 0 Å². The standard InChI is InChI=1S/C15H17FN2/c1-18(2)15-8-5-12(10-14(15)17)9-11-3-6-13(16)7-4-11/h3-8,10H,9,17H2,1-2H3. The van der Waals surface area contributed by atoms with Gasteiger partial charge in [-0.05, 0) is 41.8 Å². The first-order chi connectivity index (χ1) is 8.56. The van der Waals surface area contributed by atoms with Crippen LogP contribution < -0.4 is 10.6 Å². The lowest BCUT2D eigenvalue weighted by Gasteiger charge is -2.16. The van der Waals surface area contributed by atoms with Crippen LogP contribution >= 0.6 is 0 Å². The highest BCUT2D eigenvalue weighted by atomic mass is 19.1. The molecule has 0 aromatic heterocycles. The van der Waals surface area contributed by atoms with Crippen LogP contribution in [0.4, 0.5) is 15.8 Å². The summed E-state index contributed by atoms with van der Waals surface area (Å²) in [5.41, 5.74) is 9.98. The first-order valence-corrected chi connectivity index (χ1v) is 5.86. The zero-order chi connectivity index (χ0) is 13.1. The fourth-order valence-corrected chi connectivity index (χ4v) is 1.96. The second-order valence-corrected chi connectivity index (χ2v) is 4.59. The van der Waals surface area contributed by atoms with Gasteiger partial charge in [-0.15, -0.1) is 0 Å². The van der Waals surface area contributed by atoms with Gasteiger partial charge in [0.05, 0.1) is 11.4 Å². The molecule has 0 aliphatic heterocycles. The molecule has 2 rings (SSSR count). The van der Waals surface area contributed by atoms with Gasteiger partial charge in [-0.25, -0.2) is 4.39 Å². The number of nitrogen functional groups attached to an aromatic ring is 1. The molecule has 0 amide bonds. The average molecular weight is 244 g/mol. The zero-order valence-corrected chi connectivity index (χ0v) is 10.7. The van der Waals surface area contributed by atoms with E-state index in [1.807, 2.05) is 31.1 Å². The number of nitrogens with two attached hydrogens (primary N) is 1. The maximum atomic E-state index is 12.8. The summed E-state index contributed by atoms with van der Waals surface area (Å²) in [5.74, 6) is -0.207. The Labute approximate surface area is 107 Å². The molecule has 0 saturated heterocycles. The summed E-state index contributed by atoms with van der Waals surface area (Å²) in [4.78, 5) is 1.98. The molecule has 0 unspecified atom stereocenters. The molecule has 2 aromatic rings. The third-order valence-electron chi connectivity index (χ3n) is 2.90. The van der Waals surface area contributed by atoms with Crippen molar-refractivity contribution in [3.05, 3.63) is 59.4 Å². The van der Waals surface area contributed by atoms with E-state index >= 15 is 0 Å². The largest absolute Gasteiger partial charge is 0.397 e. The summed E-state index contributed by atoms with van der Waals surface area (Å²) in [6, 6.07) is 12.6. The van der Waals surface area contributed by atoms with Gasteiger partial charge in [0.1, 0.15) is 5.82 Å². The summed E-state index contributed by atoms with van der Waals surface area (Å²) >= 11 is 0. The first-order valence-electron chi connectivity index (χ1n) is 5.86. The molecule has 18 heavy (non-hydrogen) atoms. The molecule has 2 nitrogen and oxygen atoms in total. The number of hydrogen-bond donors (Lipinski definition) is 1. The molecular formula is C15H17FN2. The SMILES string of the molecule is CN(C)c1ccc(Cc2ccc(F)cc2)cc1N. The molecule has 0 aliphatic rings. The predicted octanol–water partition coefficient (Wildman–Crippen LogP) is 3.06. The quantitative estimate of drug-likeness (QED) is 0.841. The van der Waals surface area contributed by atoms with Crippen LogP contribution in [-0.4, -0.2) is 14.1 Å². The van der Waals surface area contributed by atoms with Crippen LogP contribution in [0.1, 0.15) is 11.1 Å². The number of nitrogens with zero attached hydrogens (tertiary/aromatic N) is 1. The maximum absolute atomic E-state index is 12.8. The molecule has 0 heterocycles. The van der Waals surface area contributed by atoms with Crippen molar-refractivity contribution in [3.8, 4) is 0 Å². The van der Waals surface area contributed by atoms with E-state index in [2.05, 4.69) is 6.07 Å². The van der Waals surface area contributed by atoms with Crippen molar-refractivity contribution in [2.24, 2.45) is 0 Å². The Balaban J connectivity index is 2.20. The average Bonchev–Trinajstić information content (AvgIpc) is 2.32. The lowest BCUT2D eigenvalue weighted by molar-refractivity contribution is 0.627. The van der Waals surface area contributed by atoms with Gasteiger partial charge < -0.3 is 10.6 Å². The Bertz CT molecular complexity index is 533. The fourth-order valence-electron chi connectivity index (χ4n) is 1.96. The van der Waals surface area contributed by atoms with E-state index in [1.165, 1.54) is 12.1 Å². The van der Waals surface area contributed by atoms with Gasteiger partial charge in [-0.2, -0.15) is 0 Å². The Hall–Kier alpha value is -2.03. The second kappa shape index (κ2) is 5.08. The van der Waals surface area contributed by atoms with Crippen LogP contribution in [0, 0.1) is 5.82 Å². The van der Waals surface area contributed by atoms with Crippen LogP contribution in [0.5, 0.6) is 0 Å². The molecule has 0 fully saturated rings. The van der Waals surface area contributed by atoms with Crippen molar-refractivity contribution in [2.75, 3.05) is 24.7 Å². The number of benzene rings is 2. The Kier molecular flexibility index (Phi) is 3.51. The summed E-state index contributed by atoms with van der Waals surface area (Å²) in [7, 11) is 3.93. The minimum absolute atomic E-state index is 0.207. The molecule has 0 bridgehead atoms. The molecule has 0 atom stereocenters. The van der Waals surface area contributed by atoms with E-state index in [4.69, 9.17) is 5.73 Å². The van der Waals surface area contributed by atoms with Gasteiger partial charge in [0.25, 0.3) is 0 Å². The smallest absolute Gasteiger partial charge is 0.123 e. The van der Waals surface area contributed by atoms with Crippen LogP contribution in [-0.2, 0) is 6.42 Å². The van der Waals surface area contributed by atoms with Gasteiger partial charge in [0.2, 0.25) is 0 Å². The van der Waals surface area contributed by atoms with Gasteiger partial charge in [-0.3, -0.25) is 0 Å². The molecule has 3 heteroatoms. The van der Waals surface area contributed by atoms with E-state index in [0.29, 0.717) is 0 Å². The minimum atomic E-state index is -0.207. The Morgan fingerprint density at radius 3 is 2.17 bits per heavy atom. The first kappa shape index (κ1) is 12.4. The molecule has 0 aliphatic carbocycles. The number of halogens is 1. The van der Waals surface area contributed by atoms with E-state index in [0.717, 1.165) is 28.9 Å². The van der Waals surface area contributed by atoms with Crippen molar-refractivity contribution in [2.45, 2.75) is 6.42 Å². The zero-order valence-electron chi connectivity index (χ0n) is 10.7. The van der Waals surface area contributed by atoms with E-state index < -0.39 is 0 Å². The summed E-state index contributed by atoms with van der Waals surface area (Å²) in [5, 5.41) is 0. The highest BCUT2D eigenvalue weighted by Gasteiger charge is 2.03. The lowest BCUT2D eigenvalue weighted by atomic mass is 10.0. The highest BCUT2D eigenvalue weighted by Crippen LogP contribution is 2.23. The minimum Gasteiger partial charge on any atom is -0.397 e. The van der Waals surface area contributed by atoms with Crippen molar-refractivity contribution < 1.29 is 4.39 Å². The van der Waals surface area contributed by atoms with Crippen molar-refractivity contribution in [1.82, 2.24) is 0 Å². The van der Waals surface area contributed by atoms with Gasteiger partial charge >= 0.3 is 0 Å². The molecule has 94 valence electrons. The fraction of sp³-hybridized carbons (Fsp3) is 0.200. The normalized spacial score (nSPS) is 10.4. The summed E-state index contributed by atoms with van der Waals surface area (Å²) in [6.07, 6.45) is 0.762. The van der Waals surface area contributed by atoms with Crippen LogP contribution in [0.3, 0.4) is 0 Å². The highest BCUT2D eigenvalue weighted by molar-refractivity contribution is 5.68. The van der Waals surface area contributed by atoms with Crippen molar-refractivity contribution in [1.29, 1.82) is 0 Å². The summed E-state index contributed by atoms with van der Waals surface area (Å²) in [6.45, 7) is 0. The Morgan fingerprint density at radius 1 is 1.00 bits per heavy atom. The molecule has 0 saturated carbocycles.